The predicted octanol–water partition coefficient (Wildman–Crippen LogP) is 3.42. The van der Waals surface area contributed by atoms with Gasteiger partial charge in [0.1, 0.15) is 5.01 Å². The molecule has 2 rings (SSSR count). The van der Waals surface area contributed by atoms with E-state index in [1.807, 2.05) is 30.3 Å². The first-order valence-electron chi connectivity index (χ1n) is 5.80. The molecule has 0 spiro atoms. The summed E-state index contributed by atoms with van der Waals surface area (Å²) < 4.78 is 37.2. The van der Waals surface area contributed by atoms with Crippen molar-refractivity contribution in [3.05, 3.63) is 40.2 Å². The molecule has 0 fully saturated rings. The van der Waals surface area contributed by atoms with Crippen LogP contribution in [0.2, 0.25) is 0 Å². The maximum Gasteiger partial charge on any atom is 0.395 e. The van der Waals surface area contributed by atoms with Crippen LogP contribution in [-0.4, -0.2) is 17.7 Å². The van der Waals surface area contributed by atoms with Crippen LogP contribution in [0.15, 0.2) is 30.3 Å². The number of alkyl halides is 3. The van der Waals surface area contributed by atoms with Gasteiger partial charge >= 0.3 is 6.18 Å². The molecule has 0 amide bonds. The molecule has 6 heteroatoms. The average Bonchev–Trinajstić information content (AvgIpc) is 2.71. The van der Waals surface area contributed by atoms with Crippen molar-refractivity contribution < 1.29 is 13.2 Å². The molecule has 0 aliphatic heterocycles. The maximum absolute atomic E-state index is 12.4. The van der Waals surface area contributed by atoms with E-state index in [1.165, 1.54) is 0 Å². The van der Waals surface area contributed by atoms with Crippen LogP contribution in [0.1, 0.15) is 9.88 Å². The molecule has 0 atom stereocenters. The van der Waals surface area contributed by atoms with Crippen LogP contribution in [0, 0.1) is 0 Å². The Morgan fingerprint density at radius 3 is 2.42 bits per heavy atom. The van der Waals surface area contributed by atoms with E-state index < -0.39 is 12.6 Å². The number of rotatable bonds is 4. The Hall–Kier alpha value is -1.40. The Morgan fingerprint density at radius 2 is 1.84 bits per heavy atom. The first-order valence-corrected chi connectivity index (χ1v) is 6.62. The number of nitrogens with zero attached hydrogens (tertiary/aromatic N) is 1. The Kier molecular flexibility index (Phi) is 4.21. The lowest BCUT2D eigenvalue weighted by Crippen LogP contribution is -2.11. The lowest BCUT2D eigenvalue weighted by molar-refractivity contribution is -0.127. The van der Waals surface area contributed by atoms with Crippen molar-refractivity contribution >= 4 is 11.3 Å². The van der Waals surface area contributed by atoms with Crippen molar-refractivity contribution in [3.63, 3.8) is 0 Å². The van der Waals surface area contributed by atoms with Crippen molar-refractivity contribution in [3.8, 4) is 11.3 Å². The molecule has 1 aromatic carbocycles. The predicted molar refractivity (Wildman–Crippen MR) is 70.1 cm³/mol. The van der Waals surface area contributed by atoms with Crippen LogP contribution < -0.4 is 5.73 Å². The minimum atomic E-state index is -4.23. The minimum Gasteiger partial charge on any atom is -0.330 e. The average molecular weight is 286 g/mol. The highest BCUT2D eigenvalue weighted by atomic mass is 32.1. The van der Waals surface area contributed by atoms with Gasteiger partial charge in [0, 0.05) is 10.4 Å². The summed E-state index contributed by atoms with van der Waals surface area (Å²) in [5.74, 6) is 0. The second kappa shape index (κ2) is 5.71. The van der Waals surface area contributed by atoms with E-state index in [0.29, 0.717) is 18.7 Å². The molecule has 1 aromatic heterocycles. The second-order valence-corrected chi connectivity index (χ2v) is 5.24. The van der Waals surface area contributed by atoms with Gasteiger partial charge in [-0.3, -0.25) is 0 Å². The third kappa shape index (κ3) is 3.78. The smallest absolute Gasteiger partial charge is 0.330 e. The fraction of sp³-hybridized carbons (Fsp3) is 0.308. The number of aromatic nitrogens is 1. The van der Waals surface area contributed by atoms with Crippen LogP contribution in [0.4, 0.5) is 13.2 Å². The summed E-state index contributed by atoms with van der Waals surface area (Å²) in [6, 6.07) is 9.21. The molecule has 0 aliphatic carbocycles. The third-order valence-corrected chi connectivity index (χ3v) is 3.63. The monoisotopic (exact) mass is 286 g/mol. The Labute approximate surface area is 113 Å². The summed E-state index contributed by atoms with van der Waals surface area (Å²) >= 11 is 1.09. The minimum absolute atomic E-state index is 0.0924. The highest BCUT2D eigenvalue weighted by molar-refractivity contribution is 7.12. The van der Waals surface area contributed by atoms with Crippen molar-refractivity contribution in [2.75, 3.05) is 6.54 Å². The van der Waals surface area contributed by atoms with E-state index >= 15 is 0 Å². The molecule has 2 nitrogen and oxygen atoms in total. The number of halogens is 3. The summed E-state index contributed by atoms with van der Waals surface area (Å²) in [4.78, 5) is 4.94. The zero-order valence-corrected chi connectivity index (χ0v) is 10.9. The number of benzene rings is 1. The molecule has 0 bridgehead atoms. The molecule has 19 heavy (non-hydrogen) atoms. The zero-order chi connectivity index (χ0) is 13.9. The van der Waals surface area contributed by atoms with Crippen LogP contribution in [0.5, 0.6) is 0 Å². The summed E-state index contributed by atoms with van der Waals surface area (Å²) in [5, 5.41) is 0.0924. The van der Waals surface area contributed by atoms with Gasteiger partial charge in [-0.15, -0.1) is 11.3 Å². The first-order chi connectivity index (χ1) is 8.99. The summed E-state index contributed by atoms with van der Waals surface area (Å²) in [6.07, 6.45) is -4.67. The SMILES string of the molecule is NCCc1sc(CC(F)(F)F)nc1-c1ccccc1. The molecule has 2 aromatic rings. The van der Waals surface area contributed by atoms with E-state index in [-0.39, 0.29) is 5.01 Å². The van der Waals surface area contributed by atoms with E-state index in [1.54, 1.807) is 0 Å². The maximum atomic E-state index is 12.4. The molecule has 0 saturated heterocycles. The third-order valence-electron chi connectivity index (χ3n) is 2.51. The van der Waals surface area contributed by atoms with E-state index in [9.17, 15) is 13.2 Å². The van der Waals surface area contributed by atoms with Gasteiger partial charge < -0.3 is 5.73 Å². The molecule has 0 radical (unpaired) electrons. The van der Waals surface area contributed by atoms with Gasteiger partial charge in [0.05, 0.1) is 12.1 Å². The van der Waals surface area contributed by atoms with Crippen LogP contribution in [-0.2, 0) is 12.8 Å². The molecule has 0 saturated carbocycles. The Morgan fingerprint density at radius 1 is 1.16 bits per heavy atom. The second-order valence-electron chi connectivity index (χ2n) is 4.08. The zero-order valence-electron chi connectivity index (χ0n) is 10.1. The van der Waals surface area contributed by atoms with E-state index in [2.05, 4.69) is 4.98 Å². The Balaban J connectivity index is 2.36. The van der Waals surface area contributed by atoms with Crippen molar-refractivity contribution in [2.24, 2.45) is 5.73 Å². The summed E-state index contributed by atoms with van der Waals surface area (Å²) in [7, 11) is 0. The molecule has 102 valence electrons. The van der Waals surface area contributed by atoms with Crippen LogP contribution in [0.3, 0.4) is 0 Å². The normalized spacial score (nSPS) is 11.8. The molecule has 0 aliphatic rings. The number of thiazole rings is 1. The Bertz CT molecular complexity index is 535. The van der Waals surface area contributed by atoms with E-state index in [0.717, 1.165) is 21.8 Å². The highest BCUT2D eigenvalue weighted by Crippen LogP contribution is 2.31. The molecular weight excluding hydrogens is 273 g/mol. The molecule has 2 N–H and O–H groups in total. The summed E-state index contributed by atoms with van der Waals surface area (Å²) in [6.45, 7) is 0.396. The molecule has 0 unspecified atom stereocenters. The summed E-state index contributed by atoms with van der Waals surface area (Å²) in [5.41, 5.74) is 6.95. The lowest BCUT2D eigenvalue weighted by Gasteiger charge is -2.01. The van der Waals surface area contributed by atoms with Gasteiger partial charge in [-0.2, -0.15) is 13.2 Å². The fourth-order valence-electron chi connectivity index (χ4n) is 1.77. The van der Waals surface area contributed by atoms with Crippen LogP contribution >= 0.6 is 11.3 Å². The van der Waals surface area contributed by atoms with Gasteiger partial charge in [0.15, 0.2) is 0 Å². The van der Waals surface area contributed by atoms with Crippen molar-refractivity contribution in [2.45, 2.75) is 19.0 Å². The first kappa shape index (κ1) is 14.0. The topological polar surface area (TPSA) is 38.9 Å². The molecule has 1 heterocycles. The van der Waals surface area contributed by atoms with Crippen molar-refractivity contribution in [1.29, 1.82) is 0 Å². The standard InChI is InChI=1S/C13H13F3N2S/c14-13(15,16)8-11-18-12(10(19-11)6-7-17)9-4-2-1-3-5-9/h1-5H,6-8,17H2. The van der Waals surface area contributed by atoms with Gasteiger partial charge in [-0.1, -0.05) is 30.3 Å². The number of hydrogen-bond acceptors (Lipinski definition) is 3. The fourth-order valence-corrected chi connectivity index (χ4v) is 2.91. The number of hydrogen-bond donors (Lipinski definition) is 1. The van der Waals surface area contributed by atoms with Crippen LogP contribution in [0.25, 0.3) is 11.3 Å². The van der Waals surface area contributed by atoms with Gasteiger partial charge in [-0.05, 0) is 13.0 Å². The van der Waals surface area contributed by atoms with Gasteiger partial charge in [-0.25, -0.2) is 4.98 Å². The van der Waals surface area contributed by atoms with Crippen molar-refractivity contribution in [1.82, 2.24) is 4.98 Å². The largest absolute Gasteiger partial charge is 0.395 e. The highest BCUT2D eigenvalue weighted by Gasteiger charge is 2.30. The lowest BCUT2D eigenvalue weighted by atomic mass is 10.1. The number of nitrogens with two attached hydrogens (primary N) is 1. The molecular formula is C13H13F3N2S. The van der Waals surface area contributed by atoms with Gasteiger partial charge in [0.2, 0.25) is 0 Å². The van der Waals surface area contributed by atoms with E-state index in [4.69, 9.17) is 5.73 Å². The quantitative estimate of drug-likeness (QED) is 0.935. The van der Waals surface area contributed by atoms with Gasteiger partial charge in [0.25, 0.3) is 0 Å².